The lowest BCUT2D eigenvalue weighted by Gasteiger charge is -1.97. The molecule has 0 unspecified atom stereocenters. The monoisotopic (exact) mass is 223 g/mol. The van der Waals surface area contributed by atoms with Crippen LogP contribution in [0.3, 0.4) is 0 Å². The smallest absolute Gasteiger partial charge is 0.356 e. The van der Waals surface area contributed by atoms with E-state index in [0.717, 1.165) is 0 Å². The number of carbonyl (C=O) groups is 2. The molecule has 86 valence electrons. The van der Waals surface area contributed by atoms with Crippen molar-refractivity contribution in [2.75, 3.05) is 13.7 Å². The summed E-state index contributed by atoms with van der Waals surface area (Å²) in [6.07, 6.45) is 4.92. The number of rotatable bonds is 4. The summed E-state index contributed by atoms with van der Waals surface area (Å²) >= 11 is 0. The lowest BCUT2D eigenvalue weighted by atomic mass is 10.2. The first-order chi connectivity index (χ1) is 7.65. The van der Waals surface area contributed by atoms with Crippen LogP contribution < -0.4 is 5.32 Å². The van der Waals surface area contributed by atoms with Gasteiger partial charge in [0.25, 0.3) is 0 Å². The molecule has 0 aliphatic rings. The minimum atomic E-state index is -0.475. The maximum Gasteiger partial charge on any atom is 0.356 e. The predicted octanol–water partition coefficient (Wildman–Crippen LogP) is 0.346. The van der Waals surface area contributed by atoms with Gasteiger partial charge in [0, 0.05) is 19.0 Å². The van der Waals surface area contributed by atoms with Crippen LogP contribution in [0.2, 0.25) is 0 Å². The Balaban J connectivity index is 2.63. The molecule has 0 saturated carbocycles. The minimum absolute atomic E-state index is 0.106. The molecule has 1 heterocycles. The van der Waals surface area contributed by atoms with E-state index >= 15 is 0 Å². The standard InChI is InChI=1S/C10H13N3O3/c1-7(14)11-5-3-4-8-6-12-13-9(8)10(15)16-2/h3-4,6H,5H2,1-2H3,(H,11,14)(H,12,13). The van der Waals surface area contributed by atoms with Crippen molar-refractivity contribution in [3.8, 4) is 0 Å². The van der Waals surface area contributed by atoms with Gasteiger partial charge in [0.2, 0.25) is 5.91 Å². The molecule has 1 aromatic heterocycles. The molecule has 1 aromatic rings. The van der Waals surface area contributed by atoms with Gasteiger partial charge in [-0.3, -0.25) is 9.89 Å². The van der Waals surface area contributed by atoms with E-state index in [1.807, 2.05) is 0 Å². The summed E-state index contributed by atoms with van der Waals surface area (Å²) in [6, 6.07) is 0. The number of aromatic amines is 1. The molecule has 16 heavy (non-hydrogen) atoms. The number of aromatic nitrogens is 2. The Morgan fingerprint density at radius 2 is 2.38 bits per heavy atom. The SMILES string of the molecule is COC(=O)c1[nH]ncc1C=CCNC(C)=O. The van der Waals surface area contributed by atoms with Crippen LogP contribution in [-0.4, -0.2) is 35.7 Å². The van der Waals surface area contributed by atoms with E-state index in [4.69, 9.17) is 0 Å². The molecule has 0 bridgehead atoms. The molecule has 6 nitrogen and oxygen atoms in total. The third kappa shape index (κ3) is 3.23. The van der Waals surface area contributed by atoms with Crippen LogP contribution in [0.15, 0.2) is 12.3 Å². The predicted molar refractivity (Wildman–Crippen MR) is 57.6 cm³/mol. The van der Waals surface area contributed by atoms with Gasteiger partial charge >= 0.3 is 5.97 Å². The number of carbonyl (C=O) groups excluding carboxylic acids is 2. The number of nitrogens with one attached hydrogen (secondary N) is 2. The van der Waals surface area contributed by atoms with E-state index in [0.29, 0.717) is 17.8 Å². The first-order valence-corrected chi connectivity index (χ1v) is 4.67. The number of methoxy groups -OCH3 is 1. The fourth-order valence-electron chi connectivity index (χ4n) is 1.08. The van der Waals surface area contributed by atoms with Gasteiger partial charge in [-0.05, 0) is 0 Å². The normalized spacial score (nSPS) is 10.4. The van der Waals surface area contributed by atoms with Crippen LogP contribution in [0.5, 0.6) is 0 Å². The van der Waals surface area contributed by atoms with Gasteiger partial charge in [0.15, 0.2) is 5.69 Å². The number of hydrogen-bond acceptors (Lipinski definition) is 4. The van der Waals surface area contributed by atoms with Gasteiger partial charge in [-0.1, -0.05) is 12.2 Å². The molecule has 6 heteroatoms. The van der Waals surface area contributed by atoms with Crippen molar-refractivity contribution in [2.45, 2.75) is 6.92 Å². The van der Waals surface area contributed by atoms with Crippen LogP contribution in [0.1, 0.15) is 23.0 Å². The summed E-state index contributed by atoms with van der Waals surface area (Å²) in [6.45, 7) is 1.84. The van der Waals surface area contributed by atoms with Gasteiger partial charge in [-0.25, -0.2) is 4.79 Å². The highest BCUT2D eigenvalue weighted by atomic mass is 16.5. The summed E-state index contributed by atoms with van der Waals surface area (Å²) in [7, 11) is 1.30. The average molecular weight is 223 g/mol. The molecule has 2 N–H and O–H groups in total. The Labute approximate surface area is 92.7 Å². The summed E-state index contributed by atoms with van der Waals surface area (Å²) < 4.78 is 4.57. The third-order valence-corrected chi connectivity index (χ3v) is 1.82. The highest BCUT2D eigenvalue weighted by Gasteiger charge is 2.11. The number of hydrogen-bond donors (Lipinski definition) is 2. The Kier molecular flexibility index (Phi) is 4.26. The number of ether oxygens (including phenoxy) is 1. The molecule has 0 saturated heterocycles. The quantitative estimate of drug-likeness (QED) is 0.721. The van der Waals surface area contributed by atoms with E-state index in [-0.39, 0.29) is 5.91 Å². The molecular formula is C10H13N3O3. The molecule has 0 aromatic carbocycles. The molecule has 0 aliphatic carbocycles. The van der Waals surface area contributed by atoms with Crippen LogP contribution in [0.25, 0.3) is 6.08 Å². The molecule has 0 aliphatic heterocycles. The van der Waals surface area contributed by atoms with Crippen molar-refractivity contribution in [3.63, 3.8) is 0 Å². The molecule has 0 radical (unpaired) electrons. The Morgan fingerprint density at radius 1 is 1.62 bits per heavy atom. The highest BCUT2D eigenvalue weighted by molar-refractivity contribution is 5.91. The van der Waals surface area contributed by atoms with E-state index in [9.17, 15) is 9.59 Å². The topological polar surface area (TPSA) is 84.1 Å². The van der Waals surface area contributed by atoms with E-state index in [1.165, 1.54) is 20.2 Å². The Morgan fingerprint density at radius 3 is 3.00 bits per heavy atom. The fourth-order valence-corrected chi connectivity index (χ4v) is 1.08. The average Bonchev–Trinajstić information content (AvgIpc) is 2.71. The molecule has 0 fully saturated rings. The van der Waals surface area contributed by atoms with Gasteiger partial charge in [-0.15, -0.1) is 0 Å². The van der Waals surface area contributed by atoms with Crippen molar-refractivity contribution >= 4 is 18.0 Å². The maximum absolute atomic E-state index is 11.2. The Bertz CT molecular complexity index is 409. The number of amides is 1. The van der Waals surface area contributed by atoms with Crippen LogP contribution >= 0.6 is 0 Å². The second kappa shape index (κ2) is 5.69. The highest BCUT2D eigenvalue weighted by Crippen LogP contribution is 2.07. The molecule has 0 spiro atoms. The third-order valence-electron chi connectivity index (χ3n) is 1.82. The second-order valence-electron chi connectivity index (χ2n) is 3.03. The summed E-state index contributed by atoms with van der Waals surface area (Å²) in [5.41, 5.74) is 0.916. The minimum Gasteiger partial charge on any atom is -0.464 e. The molecular weight excluding hydrogens is 210 g/mol. The van der Waals surface area contributed by atoms with Crippen LogP contribution in [-0.2, 0) is 9.53 Å². The number of H-pyrrole nitrogens is 1. The lowest BCUT2D eigenvalue weighted by Crippen LogP contribution is -2.19. The molecule has 1 rings (SSSR count). The van der Waals surface area contributed by atoms with Crippen molar-refractivity contribution in [1.82, 2.24) is 15.5 Å². The molecule has 1 amide bonds. The van der Waals surface area contributed by atoms with Crippen molar-refractivity contribution < 1.29 is 14.3 Å². The zero-order valence-corrected chi connectivity index (χ0v) is 9.11. The summed E-state index contributed by atoms with van der Waals surface area (Å²) in [5, 5.41) is 8.88. The van der Waals surface area contributed by atoms with E-state index in [2.05, 4.69) is 20.3 Å². The van der Waals surface area contributed by atoms with Crippen LogP contribution in [0, 0.1) is 0 Å². The largest absolute Gasteiger partial charge is 0.464 e. The van der Waals surface area contributed by atoms with Crippen molar-refractivity contribution in [3.05, 3.63) is 23.5 Å². The Hall–Kier alpha value is -2.11. The summed E-state index contributed by atoms with van der Waals surface area (Å²) in [4.78, 5) is 21.8. The molecule has 0 atom stereocenters. The first-order valence-electron chi connectivity index (χ1n) is 4.67. The van der Waals surface area contributed by atoms with Gasteiger partial charge < -0.3 is 10.1 Å². The van der Waals surface area contributed by atoms with Crippen LogP contribution in [0.4, 0.5) is 0 Å². The maximum atomic E-state index is 11.2. The van der Waals surface area contributed by atoms with E-state index in [1.54, 1.807) is 12.2 Å². The summed E-state index contributed by atoms with van der Waals surface area (Å²) in [5.74, 6) is -0.582. The lowest BCUT2D eigenvalue weighted by molar-refractivity contribution is -0.118. The number of nitrogens with zero attached hydrogens (tertiary/aromatic N) is 1. The van der Waals surface area contributed by atoms with Gasteiger partial charge in [0.1, 0.15) is 0 Å². The first kappa shape index (κ1) is 12.0. The zero-order valence-electron chi connectivity index (χ0n) is 9.11. The second-order valence-corrected chi connectivity index (χ2v) is 3.03. The van der Waals surface area contributed by atoms with Crippen molar-refractivity contribution in [1.29, 1.82) is 0 Å². The zero-order chi connectivity index (χ0) is 12.0. The van der Waals surface area contributed by atoms with Crippen molar-refractivity contribution in [2.24, 2.45) is 0 Å². The van der Waals surface area contributed by atoms with Gasteiger partial charge in [-0.2, -0.15) is 5.10 Å². The number of esters is 1. The van der Waals surface area contributed by atoms with E-state index < -0.39 is 5.97 Å². The fraction of sp³-hybridized carbons (Fsp3) is 0.300. The van der Waals surface area contributed by atoms with Gasteiger partial charge in [0.05, 0.1) is 13.3 Å².